The number of nitrogens with zero attached hydrogens (tertiary/aromatic N) is 1. The molecule has 0 aromatic rings. The van der Waals surface area contributed by atoms with E-state index in [1.54, 1.807) is 0 Å². The van der Waals surface area contributed by atoms with Gasteiger partial charge in [0.25, 0.3) is 0 Å². The highest BCUT2D eigenvalue weighted by atomic mass is 16.5. The number of hydrogen-bond donors (Lipinski definition) is 1. The molecule has 78 valence electrons. The molecule has 1 N–H and O–H groups in total. The lowest BCUT2D eigenvalue weighted by Gasteiger charge is -2.42. The van der Waals surface area contributed by atoms with Crippen molar-refractivity contribution in [2.75, 3.05) is 26.3 Å². The van der Waals surface area contributed by atoms with Crippen LogP contribution in [0.2, 0.25) is 0 Å². The number of aliphatic hydroxyl groups is 1. The second-order valence-electron chi connectivity index (χ2n) is 4.49. The Hall–Kier alpha value is -0.120. The average Bonchev–Trinajstić information content (AvgIpc) is 2.01. The topological polar surface area (TPSA) is 32.7 Å². The maximum atomic E-state index is 9.20. The van der Waals surface area contributed by atoms with E-state index < -0.39 is 0 Å². The number of aliphatic hydroxyl groups excluding tert-OH is 1. The van der Waals surface area contributed by atoms with E-state index in [4.69, 9.17) is 4.74 Å². The summed E-state index contributed by atoms with van der Waals surface area (Å²) in [6.45, 7) is 9.79. The van der Waals surface area contributed by atoms with Gasteiger partial charge in [-0.05, 0) is 27.2 Å². The Morgan fingerprint density at radius 1 is 1.54 bits per heavy atom. The van der Waals surface area contributed by atoms with E-state index in [1.165, 1.54) is 0 Å². The minimum atomic E-state index is -0.196. The van der Waals surface area contributed by atoms with Gasteiger partial charge in [-0.25, -0.2) is 0 Å². The summed E-state index contributed by atoms with van der Waals surface area (Å²) < 4.78 is 5.42. The van der Waals surface area contributed by atoms with Gasteiger partial charge in [0.05, 0.1) is 19.3 Å². The van der Waals surface area contributed by atoms with Gasteiger partial charge < -0.3 is 9.84 Å². The van der Waals surface area contributed by atoms with Crippen molar-refractivity contribution in [2.45, 2.75) is 38.8 Å². The van der Waals surface area contributed by atoms with Crippen LogP contribution < -0.4 is 0 Å². The molecule has 0 bridgehead atoms. The van der Waals surface area contributed by atoms with Gasteiger partial charge in [-0.2, -0.15) is 0 Å². The van der Waals surface area contributed by atoms with E-state index in [1.807, 2.05) is 6.92 Å². The van der Waals surface area contributed by atoms with E-state index in [0.717, 1.165) is 32.7 Å². The molecule has 0 saturated carbocycles. The molecule has 1 saturated heterocycles. The monoisotopic (exact) mass is 187 g/mol. The summed E-state index contributed by atoms with van der Waals surface area (Å²) in [7, 11) is 0. The van der Waals surface area contributed by atoms with Gasteiger partial charge in [-0.3, -0.25) is 4.90 Å². The Bertz CT molecular complexity index is 157. The van der Waals surface area contributed by atoms with E-state index in [0.29, 0.717) is 0 Å². The summed E-state index contributed by atoms with van der Waals surface area (Å²) >= 11 is 0. The highest BCUT2D eigenvalue weighted by molar-refractivity contribution is 4.84. The Morgan fingerprint density at radius 2 is 2.23 bits per heavy atom. The number of ether oxygens (including phenoxy) is 1. The zero-order valence-electron chi connectivity index (χ0n) is 8.92. The minimum Gasteiger partial charge on any atom is -0.393 e. The Balaban J connectivity index is 2.37. The third-order valence-electron chi connectivity index (χ3n) is 2.63. The van der Waals surface area contributed by atoms with Crippen molar-refractivity contribution in [1.29, 1.82) is 0 Å². The summed E-state index contributed by atoms with van der Waals surface area (Å²) in [5.41, 5.74) is 0.132. The van der Waals surface area contributed by atoms with Gasteiger partial charge in [0.1, 0.15) is 0 Å². The summed E-state index contributed by atoms with van der Waals surface area (Å²) in [4.78, 5) is 2.39. The van der Waals surface area contributed by atoms with Crippen LogP contribution in [0, 0.1) is 0 Å². The zero-order chi connectivity index (χ0) is 9.90. The van der Waals surface area contributed by atoms with Crippen LogP contribution in [0.4, 0.5) is 0 Å². The van der Waals surface area contributed by atoms with Gasteiger partial charge in [0.15, 0.2) is 0 Å². The average molecular weight is 187 g/mol. The third-order valence-corrected chi connectivity index (χ3v) is 2.63. The molecule has 1 rings (SSSR count). The maximum absolute atomic E-state index is 9.20. The van der Waals surface area contributed by atoms with E-state index in [9.17, 15) is 5.11 Å². The first-order chi connectivity index (χ1) is 6.02. The third kappa shape index (κ3) is 3.25. The van der Waals surface area contributed by atoms with E-state index in [2.05, 4.69) is 18.7 Å². The minimum absolute atomic E-state index is 0.132. The first-order valence-corrected chi connectivity index (χ1v) is 5.03. The van der Waals surface area contributed by atoms with Crippen molar-refractivity contribution in [3.05, 3.63) is 0 Å². The lowest BCUT2D eigenvalue weighted by atomic mass is 10.0. The molecule has 0 radical (unpaired) electrons. The lowest BCUT2D eigenvalue weighted by Crippen LogP contribution is -2.53. The first kappa shape index (κ1) is 11.0. The fraction of sp³-hybridized carbons (Fsp3) is 1.00. The second kappa shape index (κ2) is 4.40. The van der Waals surface area contributed by atoms with Crippen LogP contribution in [0.25, 0.3) is 0 Å². The van der Waals surface area contributed by atoms with Gasteiger partial charge in [0.2, 0.25) is 0 Å². The molecule has 1 aliphatic heterocycles. The molecule has 1 fully saturated rings. The lowest BCUT2D eigenvalue weighted by molar-refractivity contribution is -0.0546. The largest absolute Gasteiger partial charge is 0.393 e. The maximum Gasteiger partial charge on any atom is 0.0645 e. The molecule has 0 aromatic carbocycles. The van der Waals surface area contributed by atoms with Crippen LogP contribution in [0.5, 0.6) is 0 Å². The van der Waals surface area contributed by atoms with Crippen LogP contribution in [-0.2, 0) is 4.74 Å². The summed E-state index contributed by atoms with van der Waals surface area (Å²) in [6, 6.07) is 0. The number of rotatable bonds is 3. The van der Waals surface area contributed by atoms with Crippen molar-refractivity contribution >= 4 is 0 Å². The van der Waals surface area contributed by atoms with Crippen LogP contribution in [0.3, 0.4) is 0 Å². The Kier molecular flexibility index (Phi) is 3.71. The van der Waals surface area contributed by atoms with Crippen molar-refractivity contribution in [3.63, 3.8) is 0 Å². The highest BCUT2D eigenvalue weighted by Gasteiger charge is 2.29. The standard InChI is InChI=1S/C10H21NO2/c1-9(12)4-5-11-6-7-13-8-10(11,2)3/h9,12H,4-8H2,1-3H3. The molecular formula is C10H21NO2. The molecule has 1 atom stereocenters. The highest BCUT2D eigenvalue weighted by Crippen LogP contribution is 2.19. The fourth-order valence-corrected chi connectivity index (χ4v) is 1.65. The summed E-state index contributed by atoms with van der Waals surface area (Å²) in [6.07, 6.45) is 0.655. The molecule has 1 aliphatic rings. The van der Waals surface area contributed by atoms with Crippen LogP contribution in [-0.4, -0.2) is 48.0 Å². The van der Waals surface area contributed by atoms with Crippen LogP contribution in [0.15, 0.2) is 0 Å². The van der Waals surface area contributed by atoms with Crippen molar-refractivity contribution in [1.82, 2.24) is 4.90 Å². The number of morpholine rings is 1. The summed E-state index contributed by atoms with van der Waals surface area (Å²) in [5, 5.41) is 9.20. The quantitative estimate of drug-likeness (QED) is 0.711. The summed E-state index contributed by atoms with van der Waals surface area (Å²) in [5.74, 6) is 0. The van der Waals surface area contributed by atoms with E-state index in [-0.39, 0.29) is 11.6 Å². The van der Waals surface area contributed by atoms with Crippen molar-refractivity contribution in [2.24, 2.45) is 0 Å². The molecule has 0 spiro atoms. The van der Waals surface area contributed by atoms with Crippen molar-refractivity contribution in [3.8, 4) is 0 Å². The van der Waals surface area contributed by atoms with Gasteiger partial charge in [-0.1, -0.05) is 0 Å². The molecule has 13 heavy (non-hydrogen) atoms. The molecule has 0 aromatic heterocycles. The van der Waals surface area contributed by atoms with Gasteiger partial charge >= 0.3 is 0 Å². The first-order valence-electron chi connectivity index (χ1n) is 5.03. The Morgan fingerprint density at radius 3 is 2.77 bits per heavy atom. The predicted molar refractivity (Wildman–Crippen MR) is 52.8 cm³/mol. The zero-order valence-corrected chi connectivity index (χ0v) is 8.92. The van der Waals surface area contributed by atoms with Gasteiger partial charge in [0, 0.05) is 18.6 Å². The second-order valence-corrected chi connectivity index (χ2v) is 4.49. The molecular weight excluding hydrogens is 166 g/mol. The Labute approximate surface area is 80.7 Å². The fourth-order valence-electron chi connectivity index (χ4n) is 1.65. The smallest absolute Gasteiger partial charge is 0.0645 e. The molecule has 0 amide bonds. The van der Waals surface area contributed by atoms with Gasteiger partial charge in [-0.15, -0.1) is 0 Å². The molecule has 3 heteroatoms. The predicted octanol–water partition coefficient (Wildman–Crippen LogP) is 0.868. The molecule has 0 aliphatic carbocycles. The normalized spacial score (nSPS) is 25.8. The number of hydrogen-bond acceptors (Lipinski definition) is 3. The SMILES string of the molecule is CC(O)CCN1CCOCC1(C)C. The molecule has 1 unspecified atom stereocenters. The van der Waals surface area contributed by atoms with Crippen LogP contribution in [0.1, 0.15) is 27.2 Å². The molecule has 1 heterocycles. The van der Waals surface area contributed by atoms with Crippen LogP contribution >= 0.6 is 0 Å². The van der Waals surface area contributed by atoms with E-state index >= 15 is 0 Å². The van der Waals surface area contributed by atoms with Crippen molar-refractivity contribution < 1.29 is 9.84 Å². The molecule has 3 nitrogen and oxygen atoms in total.